The van der Waals surface area contributed by atoms with Crippen molar-refractivity contribution in [3.05, 3.63) is 111 Å². The second kappa shape index (κ2) is 12.3. The van der Waals surface area contributed by atoms with Gasteiger partial charge in [-0.1, -0.05) is 43.3 Å². The number of halogens is 3. The Hall–Kier alpha value is -4.58. The van der Waals surface area contributed by atoms with Crippen molar-refractivity contribution in [2.75, 3.05) is 31.1 Å². The van der Waals surface area contributed by atoms with E-state index >= 15 is 0 Å². The molecule has 0 atom stereocenters. The molecule has 3 aromatic rings. The topological polar surface area (TPSA) is 122 Å². The first-order valence-corrected chi connectivity index (χ1v) is 13.0. The van der Waals surface area contributed by atoms with Gasteiger partial charge in [-0.25, -0.2) is 5.84 Å². The van der Waals surface area contributed by atoms with E-state index in [1.165, 1.54) is 10.6 Å². The second-order valence-electron chi connectivity index (χ2n) is 9.74. The Morgan fingerprint density at radius 1 is 0.976 bits per heavy atom. The van der Waals surface area contributed by atoms with Crippen LogP contribution in [0, 0.1) is 10.1 Å². The number of hydrogen-bond donors (Lipinski definition) is 2. The van der Waals surface area contributed by atoms with Crippen LogP contribution in [0.25, 0.3) is 5.70 Å². The Morgan fingerprint density at radius 3 is 2.12 bits per heavy atom. The molecule has 0 bridgehead atoms. The molecule has 4 rings (SSSR count). The van der Waals surface area contributed by atoms with Gasteiger partial charge in [0, 0.05) is 44.0 Å². The Morgan fingerprint density at radius 2 is 1.56 bits per heavy atom. The van der Waals surface area contributed by atoms with Gasteiger partial charge in [-0.15, -0.1) is 0 Å². The predicted octanol–water partition coefficient (Wildman–Crippen LogP) is 4.77. The van der Waals surface area contributed by atoms with Crippen LogP contribution in [0.4, 0.5) is 24.5 Å². The summed E-state index contributed by atoms with van der Waals surface area (Å²) in [5.41, 5.74) is 8.54. The van der Waals surface area contributed by atoms with Gasteiger partial charge in [-0.05, 0) is 47.4 Å². The monoisotopic (exact) mass is 568 g/mol. The number of benzene rings is 3. The highest BCUT2D eigenvalue weighted by Crippen LogP contribution is 2.36. The molecule has 9 nitrogen and oxygen atoms in total. The largest absolute Gasteiger partial charge is 0.416 e. The maximum absolute atomic E-state index is 13.1. The quantitative estimate of drug-likeness (QED) is 0.228. The van der Waals surface area contributed by atoms with Crippen molar-refractivity contribution >= 4 is 23.0 Å². The maximum Gasteiger partial charge on any atom is 0.416 e. The number of nitro groups is 1. The lowest BCUT2D eigenvalue weighted by molar-refractivity contribution is -0.384. The number of piperazine rings is 1. The number of amides is 1. The number of carbonyl (C=O) groups is 1. The number of hydrogen-bond acceptors (Lipinski definition) is 7. The summed E-state index contributed by atoms with van der Waals surface area (Å²) in [4.78, 5) is 26.9. The molecule has 1 aliphatic rings. The summed E-state index contributed by atoms with van der Waals surface area (Å²) in [5, 5.41) is 12.9. The number of aryl methyl sites for hydroxylation is 1. The van der Waals surface area contributed by atoms with Gasteiger partial charge in [-0.2, -0.15) is 13.2 Å². The smallest absolute Gasteiger partial charge is 0.397 e. The summed E-state index contributed by atoms with van der Waals surface area (Å²) in [6.07, 6.45) is -2.09. The van der Waals surface area contributed by atoms with E-state index in [0.29, 0.717) is 23.9 Å². The first-order valence-electron chi connectivity index (χ1n) is 13.0. The molecule has 41 heavy (non-hydrogen) atoms. The molecule has 3 aromatic carbocycles. The van der Waals surface area contributed by atoms with E-state index in [1.807, 2.05) is 24.3 Å². The molecule has 0 spiro atoms. The van der Waals surface area contributed by atoms with Crippen molar-refractivity contribution in [2.24, 2.45) is 11.6 Å². The minimum Gasteiger partial charge on any atom is -0.397 e. The fraction of sp³-hybridized carbons (Fsp3) is 0.276. The summed E-state index contributed by atoms with van der Waals surface area (Å²) in [7, 11) is 0. The lowest BCUT2D eigenvalue weighted by Gasteiger charge is -2.36. The molecule has 216 valence electrons. The van der Waals surface area contributed by atoms with Gasteiger partial charge in [-0.3, -0.25) is 14.9 Å². The third-order valence-electron chi connectivity index (χ3n) is 6.97. The third kappa shape index (κ3) is 7.14. The number of nitro benzene ring substituents is 1. The van der Waals surface area contributed by atoms with Crippen molar-refractivity contribution in [3.63, 3.8) is 0 Å². The van der Waals surface area contributed by atoms with Crippen LogP contribution in [-0.2, 0) is 19.1 Å². The minimum absolute atomic E-state index is 0.0958. The van der Waals surface area contributed by atoms with E-state index in [-0.39, 0.29) is 37.8 Å². The lowest BCUT2D eigenvalue weighted by Crippen LogP contribution is -2.49. The van der Waals surface area contributed by atoms with Gasteiger partial charge >= 0.3 is 6.18 Å². The van der Waals surface area contributed by atoms with Gasteiger partial charge in [0.1, 0.15) is 5.69 Å². The molecule has 0 radical (unpaired) electrons. The molecule has 0 unspecified atom stereocenters. The van der Waals surface area contributed by atoms with Crippen LogP contribution >= 0.6 is 0 Å². The molecular weight excluding hydrogens is 537 g/mol. The van der Waals surface area contributed by atoms with E-state index in [0.717, 1.165) is 29.7 Å². The zero-order valence-corrected chi connectivity index (χ0v) is 22.5. The fourth-order valence-electron chi connectivity index (χ4n) is 4.64. The molecule has 0 saturated carbocycles. The van der Waals surface area contributed by atoms with Gasteiger partial charge in [0.05, 0.1) is 22.7 Å². The molecule has 12 heteroatoms. The minimum atomic E-state index is -4.68. The molecule has 0 aliphatic carbocycles. The Bertz CT molecular complexity index is 1420. The van der Waals surface area contributed by atoms with Crippen LogP contribution in [0.15, 0.2) is 72.9 Å². The normalized spacial score (nSPS) is 14.2. The van der Waals surface area contributed by atoms with Gasteiger partial charge in [0.25, 0.3) is 11.6 Å². The molecular formula is C29H31F3N6O3. The zero-order valence-electron chi connectivity index (χ0n) is 22.5. The van der Waals surface area contributed by atoms with Crippen LogP contribution in [0.3, 0.4) is 0 Å². The molecule has 1 amide bonds. The van der Waals surface area contributed by atoms with Gasteiger partial charge in [0.15, 0.2) is 0 Å². The number of alkyl halides is 3. The van der Waals surface area contributed by atoms with Crippen molar-refractivity contribution < 1.29 is 22.9 Å². The Balaban J connectivity index is 1.35. The summed E-state index contributed by atoms with van der Waals surface area (Å²) < 4.78 is 39.1. The first kappa shape index (κ1) is 29.4. The standard InChI is InChI=1S/C29H31F3N6O3/c1-2-20-3-7-22(8-4-20)25(33)19-37(34)18-21-5-9-23(10-6-21)28(39)36-15-13-35(14-16-36)26-12-11-24(29(30,31)32)17-27(26)38(40)41/h3-12,17,19H,2,13-16,18,33-34H2,1H3/b25-19-. The fourth-order valence-corrected chi connectivity index (χ4v) is 4.64. The molecule has 0 aromatic heterocycles. The summed E-state index contributed by atoms with van der Waals surface area (Å²) in [6, 6.07) is 17.4. The van der Waals surface area contributed by atoms with E-state index in [9.17, 15) is 28.1 Å². The van der Waals surface area contributed by atoms with E-state index in [1.54, 1.807) is 40.3 Å². The predicted molar refractivity (Wildman–Crippen MR) is 150 cm³/mol. The maximum atomic E-state index is 13.1. The molecule has 1 heterocycles. The molecule has 1 saturated heterocycles. The summed E-state index contributed by atoms with van der Waals surface area (Å²) in [5.74, 6) is 5.93. The molecule has 4 N–H and O–H groups in total. The van der Waals surface area contributed by atoms with E-state index in [2.05, 4.69) is 6.92 Å². The second-order valence-corrected chi connectivity index (χ2v) is 9.74. The van der Waals surface area contributed by atoms with E-state index in [4.69, 9.17) is 11.6 Å². The average Bonchev–Trinajstić information content (AvgIpc) is 2.96. The molecule has 1 aliphatic heterocycles. The SMILES string of the molecule is CCc1ccc(/C(N)=C/N(N)Cc2ccc(C(=O)N3CCN(c4ccc(C(F)(F)F)cc4[N+](=O)[O-])CC3)cc2)cc1. The van der Waals surface area contributed by atoms with Gasteiger partial charge < -0.3 is 20.5 Å². The summed E-state index contributed by atoms with van der Waals surface area (Å²) in [6.45, 7) is 3.46. The summed E-state index contributed by atoms with van der Waals surface area (Å²) >= 11 is 0. The zero-order chi connectivity index (χ0) is 29.7. The number of nitrogens with zero attached hydrogens (tertiary/aromatic N) is 4. The number of nitrogens with two attached hydrogens (primary N) is 2. The highest BCUT2D eigenvalue weighted by Gasteiger charge is 2.34. The number of hydrazine groups is 1. The van der Waals surface area contributed by atoms with Crippen LogP contribution in [0.5, 0.6) is 0 Å². The van der Waals surface area contributed by atoms with Gasteiger partial charge in [0.2, 0.25) is 0 Å². The Kier molecular flexibility index (Phi) is 8.82. The number of rotatable bonds is 8. The highest BCUT2D eigenvalue weighted by atomic mass is 19.4. The van der Waals surface area contributed by atoms with Crippen LogP contribution in [-0.4, -0.2) is 46.9 Å². The van der Waals surface area contributed by atoms with Crippen LogP contribution < -0.4 is 16.5 Å². The molecule has 1 fully saturated rings. The Labute approximate surface area is 235 Å². The third-order valence-corrected chi connectivity index (χ3v) is 6.97. The number of carbonyl (C=O) groups excluding carboxylic acids is 1. The van der Waals surface area contributed by atoms with Crippen molar-refractivity contribution in [2.45, 2.75) is 26.1 Å². The van der Waals surface area contributed by atoms with Crippen LogP contribution in [0.2, 0.25) is 0 Å². The van der Waals surface area contributed by atoms with Crippen molar-refractivity contribution in [3.8, 4) is 0 Å². The average molecular weight is 569 g/mol. The van der Waals surface area contributed by atoms with Crippen LogP contribution in [0.1, 0.15) is 39.5 Å². The number of anilines is 1. The highest BCUT2D eigenvalue weighted by molar-refractivity contribution is 5.94. The van der Waals surface area contributed by atoms with E-state index < -0.39 is 22.4 Å². The van der Waals surface area contributed by atoms with Crippen molar-refractivity contribution in [1.82, 2.24) is 9.91 Å². The van der Waals surface area contributed by atoms with Crippen molar-refractivity contribution in [1.29, 1.82) is 0 Å². The lowest BCUT2D eigenvalue weighted by atomic mass is 10.1. The first-order chi connectivity index (χ1) is 19.5.